The highest BCUT2D eigenvalue weighted by atomic mass is 16.5. The molecule has 0 saturated carbocycles. The van der Waals surface area contributed by atoms with Crippen LogP contribution in [-0.2, 0) is 30.6 Å². The van der Waals surface area contributed by atoms with Crippen LogP contribution in [0.1, 0.15) is 70.6 Å². The van der Waals surface area contributed by atoms with Crippen LogP contribution in [0.3, 0.4) is 0 Å². The summed E-state index contributed by atoms with van der Waals surface area (Å²) in [7, 11) is 0. The van der Waals surface area contributed by atoms with Crippen LogP contribution in [0.2, 0.25) is 0 Å². The summed E-state index contributed by atoms with van der Waals surface area (Å²) < 4.78 is 5.03. The molecule has 0 radical (unpaired) electrons. The van der Waals surface area contributed by atoms with Gasteiger partial charge in [0.15, 0.2) is 0 Å². The highest BCUT2D eigenvalue weighted by Crippen LogP contribution is 2.47. The molecular formula is C24H30O4. The predicted molar refractivity (Wildman–Crippen MR) is 110 cm³/mol. The number of rotatable bonds is 4. The number of fused-ring (bicyclic) bond motifs is 1. The first-order valence-corrected chi connectivity index (χ1v) is 9.99. The van der Waals surface area contributed by atoms with Crippen LogP contribution in [-0.4, -0.2) is 23.7 Å². The molecule has 0 saturated heterocycles. The van der Waals surface area contributed by atoms with Gasteiger partial charge in [-0.15, -0.1) is 0 Å². The molecule has 150 valence electrons. The first-order chi connectivity index (χ1) is 13.0. The zero-order valence-corrected chi connectivity index (χ0v) is 17.5. The molecule has 3 rings (SSSR count). The van der Waals surface area contributed by atoms with Gasteiger partial charge in [0.1, 0.15) is 5.41 Å². The minimum atomic E-state index is -1.16. The average molecular weight is 383 g/mol. The summed E-state index contributed by atoms with van der Waals surface area (Å²) in [6.07, 6.45) is 7.33. The smallest absolute Gasteiger partial charge is 0.337 e. The lowest BCUT2D eigenvalue weighted by Gasteiger charge is -2.43. The van der Waals surface area contributed by atoms with Crippen molar-refractivity contribution in [1.82, 2.24) is 0 Å². The third kappa shape index (κ3) is 3.30. The molecule has 2 aliphatic carbocycles. The molecule has 4 heteroatoms. The molecule has 0 aromatic heterocycles. The van der Waals surface area contributed by atoms with Gasteiger partial charge in [-0.1, -0.05) is 64.1 Å². The number of carboxylic acids is 1. The van der Waals surface area contributed by atoms with Gasteiger partial charge in [0.2, 0.25) is 0 Å². The van der Waals surface area contributed by atoms with Crippen LogP contribution in [0, 0.1) is 0 Å². The fourth-order valence-corrected chi connectivity index (χ4v) is 4.37. The van der Waals surface area contributed by atoms with Gasteiger partial charge in [0.05, 0.1) is 12.2 Å². The number of carboxylic acid groups (broad SMARTS) is 1. The fraction of sp³-hybridized carbons (Fsp3) is 0.500. The van der Waals surface area contributed by atoms with E-state index >= 15 is 0 Å². The molecule has 0 spiro atoms. The minimum absolute atomic E-state index is 0.00483. The van der Waals surface area contributed by atoms with E-state index in [1.807, 2.05) is 6.07 Å². The molecule has 1 aromatic carbocycles. The maximum atomic E-state index is 12.3. The Morgan fingerprint density at radius 2 is 1.71 bits per heavy atom. The summed E-state index contributed by atoms with van der Waals surface area (Å²) in [5, 5.41) is 10.1. The molecule has 0 amide bonds. The molecular weight excluding hydrogens is 352 g/mol. The van der Waals surface area contributed by atoms with Crippen molar-refractivity contribution in [3.8, 4) is 0 Å². The van der Waals surface area contributed by atoms with E-state index in [4.69, 9.17) is 4.74 Å². The summed E-state index contributed by atoms with van der Waals surface area (Å²) in [6, 6.07) is 6.14. The van der Waals surface area contributed by atoms with E-state index in [1.54, 1.807) is 25.2 Å². The summed E-state index contributed by atoms with van der Waals surface area (Å²) in [6.45, 7) is 11.0. The van der Waals surface area contributed by atoms with Gasteiger partial charge < -0.3 is 9.84 Å². The van der Waals surface area contributed by atoms with Crippen molar-refractivity contribution in [3.05, 3.63) is 58.7 Å². The van der Waals surface area contributed by atoms with Crippen LogP contribution in [0.25, 0.3) is 0 Å². The molecule has 1 atom stereocenters. The van der Waals surface area contributed by atoms with Crippen LogP contribution < -0.4 is 0 Å². The predicted octanol–water partition coefficient (Wildman–Crippen LogP) is 4.81. The van der Waals surface area contributed by atoms with E-state index in [9.17, 15) is 14.7 Å². The molecule has 0 fully saturated rings. The fourth-order valence-electron chi connectivity index (χ4n) is 4.37. The lowest BCUT2D eigenvalue weighted by atomic mass is 9.61. The van der Waals surface area contributed by atoms with Gasteiger partial charge in [-0.05, 0) is 53.7 Å². The van der Waals surface area contributed by atoms with Gasteiger partial charge in [-0.3, -0.25) is 4.79 Å². The van der Waals surface area contributed by atoms with Crippen molar-refractivity contribution in [2.45, 2.75) is 70.1 Å². The zero-order chi connectivity index (χ0) is 20.7. The highest BCUT2D eigenvalue weighted by Gasteiger charge is 2.42. The Kier molecular flexibility index (Phi) is 5.03. The number of hydrogen-bond donors (Lipinski definition) is 1. The Morgan fingerprint density at radius 1 is 1.07 bits per heavy atom. The van der Waals surface area contributed by atoms with Crippen molar-refractivity contribution in [2.75, 3.05) is 6.61 Å². The maximum Gasteiger partial charge on any atom is 0.337 e. The van der Waals surface area contributed by atoms with Gasteiger partial charge in [0, 0.05) is 0 Å². The molecule has 4 nitrogen and oxygen atoms in total. The molecule has 0 aliphatic heterocycles. The Hall–Kier alpha value is -2.36. The van der Waals surface area contributed by atoms with Crippen LogP contribution in [0.15, 0.2) is 42.0 Å². The Balaban J connectivity index is 2.06. The minimum Gasteiger partial charge on any atom is -0.480 e. The zero-order valence-electron chi connectivity index (χ0n) is 17.5. The number of benzene rings is 1. The quantitative estimate of drug-likeness (QED) is 0.759. The van der Waals surface area contributed by atoms with Gasteiger partial charge in [-0.2, -0.15) is 0 Å². The van der Waals surface area contributed by atoms with Crippen molar-refractivity contribution in [1.29, 1.82) is 0 Å². The second-order valence-corrected chi connectivity index (χ2v) is 9.22. The number of carbonyl (C=O) groups excluding carboxylic acids is 1. The number of carbonyl (C=O) groups is 2. The number of ether oxygens (including phenoxy) is 1. The van der Waals surface area contributed by atoms with Gasteiger partial charge >= 0.3 is 11.9 Å². The molecule has 0 bridgehead atoms. The summed E-state index contributed by atoms with van der Waals surface area (Å²) in [4.78, 5) is 24.3. The average Bonchev–Trinajstić information content (AvgIpc) is 2.65. The number of esters is 1. The number of allylic oxidation sites excluding steroid dienone is 1. The van der Waals surface area contributed by atoms with Crippen molar-refractivity contribution >= 4 is 11.9 Å². The van der Waals surface area contributed by atoms with Gasteiger partial charge in [-0.25, -0.2) is 4.79 Å². The lowest BCUT2D eigenvalue weighted by molar-refractivity contribution is -0.142. The third-order valence-electron chi connectivity index (χ3n) is 6.45. The topological polar surface area (TPSA) is 63.6 Å². The van der Waals surface area contributed by atoms with E-state index in [2.05, 4.69) is 39.8 Å². The van der Waals surface area contributed by atoms with Gasteiger partial charge in [0.25, 0.3) is 0 Å². The third-order valence-corrected chi connectivity index (χ3v) is 6.45. The monoisotopic (exact) mass is 382 g/mol. The van der Waals surface area contributed by atoms with E-state index in [0.29, 0.717) is 12.2 Å². The second kappa shape index (κ2) is 6.91. The van der Waals surface area contributed by atoms with E-state index < -0.39 is 17.4 Å². The highest BCUT2D eigenvalue weighted by molar-refractivity contribution is 5.94. The molecule has 1 aromatic rings. The number of aliphatic carboxylic acids is 1. The summed E-state index contributed by atoms with van der Waals surface area (Å²) in [5.74, 6) is -1.32. The Labute approximate surface area is 167 Å². The van der Waals surface area contributed by atoms with Crippen LogP contribution >= 0.6 is 0 Å². The lowest BCUT2D eigenvalue weighted by Crippen LogP contribution is -2.38. The largest absolute Gasteiger partial charge is 0.480 e. The Bertz CT molecular complexity index is 873. The molecule has 28 heavy (non-hydrogen) atoms. The van der Waals surface area contributed by atoms with Crippen LogP contribution in [0.4, 0.5) is 0 Å². The SMILES string of the molecule is CCOC(=O)C1=CCC(C(=O)O)(c2ccc3c(c2)C(C)(C)CCC3(C)C)C=C1. The van der Waals surface area contributed by atoms with Crippen molar-refractivity contribution < 1.29 is 19.4 Å². The molecule has 1 unspecified atom stereocenters. The van der Waals surface area contributed by atoms with E-state index in [1.165, 1.54) is 11.1 Å². The van der Waals surface area contributed by atoms with Crippen molar-refractivity contribution in [3.63, 3.8) is 0 Å². The van der Waals surface area contributed by atoms with Crippen LogP contribution in [0.5, 0.6) is 0 Å². The van der Waals surface area contributed by atoms with Crippen molar-refractivity contribution in [2.24, 2.45) is 0 Å². The first-order valence-electron chi connectivity index (χ1n) is 9.99. The second-order valence-electron chi connectivity index (χ2n) is 9.22. The summed E-state index contributed by atoms with van der Waals surface area (Å²) >= 11 is 0. The normalized spacial score (nSPS) is 24.8. The number of hydrogen-bond acceptors (Lipinski definition) is 3. The summed E-state index contributed by atoms with van der Waals surface area (Å²) in [5.41, 5.74) is 2.64. The maximum absolute atomic E-state index is 12.3. The standard InChI is InChI=1S/C24H30O4/c1-6-28-20(25)16-9-11-24(12-10-16,21(26)27)17-7-8-18-19(15-17)23(4,5)14-13-22(18,2)3/h7-11,15H,6,12-14H2,1-5H3,(H,26,27). The van der Waals surface area contributed by atoms with E-state index in [-0.39, 0.29) is 17.3 Å². The van der Waals surface area contributed by atoms with E-state index in [0.717, 1.165) is 18.4 Å². The molecule has 1 N–H and O–H groups in total. The Morgan fingerprint density at radius 3 is 2.25 bits per heavy atom. The molecule has 2 aliphatic rings. The first kappa shape index (κ1) is 20.4. The molecule has 0 heterocycles.